The molecule has 2 rings (SSSR count). The molecule has 0 bridgehead atoms. The lowest BCUT2D eigenvalue weighted by molar-refractivity contribution is 0.756. The van der Waals surface area contributed by atoms with Gasteiger partial charge < -0.3 is 5.32 Å². The highest BCUT2D eigenvalue weighted by molar-refractivity contribution is 14.1. The first-order chi connectivity index (χ1) is 7.29. The summed E-state index contributed by atoms with van der Waals surface area (Å²) < 4.78 is 1.07. The molecule has 0 aromatic carbocycles. The van der Waals surface area contributed by atoms with E-state index in [9.17, 15) is 0 Å². The predicted octanol–water partition coefficient (Wildman–Crippen LogP) is 2.78. The average Bonchev–Trinajstić information content (AvgIpc) is 2.69. The molecule has 1 aliphatic carbocycles. The van der Waals surface area contributed by atoms with Gasteiger partial charge in [0.1, 0.15) is 0 Å². The van der Waals surface area contributed by atoms with Gasteiger partial charge >= 0.3 is 0 Å². The van der Waals surface area contributed by atoms with Crippen LogP contribution in [0.1, 0.15) is 19.3 Å². The Morgan fingerprint density at radius 1 is 1.40 bits per heavy atom. The molecule has 82 valence electrons. The summed E-state index contributed by atoms with van der Waals surface area (Å²) in [6, 6.07) is 0.542. The van der Waals surface area contributed by atoms with E-state index in [4.69, 9.17) is 0 Å². The van der Waals surface area contributed by atoms with Crippen molar-refractivity contribution in [1.82, 2.24) is 9.97 Å². The molecule has 2 unspecified atom stereocenters. The van der Waals surface area contributed by atoms with Gasteiger partial charge in [-0.05, 0) is 41.7 Å². The van der Waals surface area contributed by atoms with Crippen molar-refractivity contribution >= 4 is 40.3 Å². The van der Waals surface area contributed by atoms with E-state index >= 15 is 0 Å². The number of thioether (sulfide) groups is 1. The number of halogens is 1. The maximum atomic E-state index is 4.27. The van der Waals surface area contributed by atoms with Gasteiger partial charge in [0.05, 0.1) is 0 Å². The second-order valence-electron chi connectivity index (χ2n) is 3.68. The zero-order chi connectivity index (χ0) is 10.7. The van der Waals surface area contributed by atoms with Gasteiger partial charge in [-0.2, -0.15) is 11.8 Å². The molecule has 1 fully saturated rings. The Kier molecular flexibility index (Phi) is 4.07. The van der Waals surface area contributed by atoms with Gasteiger partial charge in [0, 0.05) is 27.3 Å². The normalized spacial score (nSPS) is 25.5. The van der Waals surface area contributed by atoms with Crippen LogP contribution in [0.2, 0.25) is 0 Å². The molecule has 15 heavy (non-hydrogen) atoms. The van der Waals surface area contributed by atoms with Crippen LogP contribution in [-0.2, 0) is 0 Å². The zero-order valence-electron chi connectivity index (χ0n) is 8.61. The van der Waals surface area contributed by atoms with Crippen molar-refractivity contribution in [2.24, 2.45) is 0 Å². The molecule has 5 heteroatoms. The Balaban J connectivity index is 1.99. The lowest BCUT2D eigenvalue weighted by Crippen LogP contribution is -2.26. The van der Waals surface area contributed by atoms with Gasteiger partial charge in [0.25, 0.3) is 0 Å². The molecule has 0 radical (unpaired) electrons. The van der Waals surface area contributed by atoms with Crippen molar-refractivity contribution in [2.45, 2.75) is 30.6 Å². The van der Waals surface area contributed by atoms with Crippen LogP contribution >= 0.6 is 34.4 Å². The van der Waals surface area contributed by atoms with E-state index in [2.05, 4.69) is 44.1 Å². The fourth-order valence-electron chi connectivity index (χ4n) is 1.93. The molecule has 2 atom stereocenters. The molecule has 3 nitrogen and oxygen atoms in total. The fraction of sp³-hybridized carbons (Fsp3) is 0.600. The first-order valence-corrected chi connectivity index (χ1v) is 7.43. The molecule has 0 spiro atoms. The summed E-state index contributed by atoms with van der Waals surface area (Å²) in [7, 11) is 0. The van der Waals surface area contributed by atoms with E-state index in [-0.39, 0.29) is 0 Å². The van der Waals surface area contributed by atoms with E-state index in [1.54, 1.807) is 0 Å². The molecular formula is C10H14IN3S. The molecule has 1 heterocycles. The third-order valence-corrected chi connectivity index (χ3v) is 4.42. The SMILES string of the molecule is CSC1CCCC1Nc1ncc(I)cn1. The van der Waals surface area contributed by atoms with Crippen molar-refractivity contribution in [3.63, 3.8) is 0 Å². The van der Waals surface area contributed by atoms with Crippen molar-refractivity contribution in [2.75, 3.05) is 11.6 Å². The van der Waals surface area contributed by atoms with E-state index in [0.29, 0.717) is 11.3 Å². The second-order valence-corrected chi connectivity index (χ2v) is 6.00. The third-order valence-electron chi connectivity index (χ3n) is 2.69. The molecular weight excluding hydrogens is 321 g/mol. The number of rotatable bonds is 3. The minimum Gasteiger partial charge on any atom is -0.350 e. The standard InChI is InChI=1S/C10H14IN3S/c1-15-9-4-2-3-8(9)14-10-12-5-7(11)6-13-10/h5-6,8-9H,2-4H2,1H3,(H,12,13,14). The van der Waals surface area contributed by atoms with Crippen LogP contribution in [-0.4, -0.2) is 27.5 Å². The van der Waals surface area contributed by atoms with Crippen molar-refractivity contribution < 1.29 is 0 Å². The number of nitrogens with one attached hydrogen (secondary N) is 1. The molecule has 1 aromatic rings. The summed E-state index contributed by atoms with van der Waals surface area (Å²) in [6.45, 7) is 0. The number of aromatic nitrogens is 2. The molecule has 0 amide bonds. The van der Waals surface area contributed by atoms with E-state index in [1.165, 1.54) is 19.3 Å². The van der Waals surface area contributed by atoms with Crippen molar-refractivity contribution in [3.8, 4) is 0 Å². The molecule has 0 aliphatic heterocycles. The van der Waals surface area contributed by atoms with E-state index in [0.717, 1.165) is 9.52 Å². The van der Waals surface area contributed by atoms with Crippen LogP contribution in [0.4, 0.5) is 5.95 Å². The summed E-state index contributed by atoms with van der Waals surface area (Å²) in [4.78, 5) is 8.54. The zero-order valence-corrected chi connectivity index (χ0v) is 11.6. The molecule has 1 aromatic heterocycles. The number of hydrogen-bond donors (Lipinski definition) is 1. The quantitative estimate of drug-likeness (QED) is 0.862. The van der Waals surface area contributed by atoms with Crippen LogP contribution < -0.4 is 5.32 Å². The summed E-state index contributed by atoms with van der Waals surface area (Å²) in [6.07, 6.45) is 9.73. The predicted molar refractivity (Wildman–Crippen MR) is 73.3 cm³/mol. The van der Waals surface area contributed by atoms with Crippen molar-refractivity contribution in [3.05, 3.63) is 16.0 Å². The van der Waals surface area contributed by atoms with Crippen molar-refractivity contribution in [1.29, 1.82) is 0 Å². The minimum atomic E-state index is 0.542. The lowest BCUT2D eigenvalue weighted by Gasteiger charge is -2.18. The second kappa shape index (κ2) is 5.34. The lowest BCUT2D eigenvalue weighted by atomic mass is 10.2. The number of anilines is 1. The Labute approximate surface area is 108 Å². The highest BCUT2D eigenvalue weighted by atomic mass is 127. The first-order valence-electron chi connectivity index (χ1n) is 5.06. The van der Waals surface area contributed by atoms with Crippen LogP contribution in [0, 0.1) is 3.57 Å². The monoisotopic (exact) mass is 335 g/mol. The number of hydrogen-bond acceptors (Lipinski definition) is 4. The minimum absolute atomic E-state index is 0.542. The molecule has 1 N–H and O–H groups in total. The smallest absolute Gasteiger partial charge is 0.222 e. The molecule has 1 aliphatic rings. The van der Waals surface area contributed by atoms with Gasteiger partial charge in [-0.15, -0.1) is 0 Å². The fourth-order valence-corrected chi connectivity index (χ4v) is 3.14. The third kappa shape index (κ3) is 2.96. The highest BCUT2D eigenvalue weighted by Gasteiger charge is 2.26. The maximum absolute atomic E-state index is 4.27. The summed E-state index contributed by atoms with van der Waals surface area (Å²) in [5.41, 5.74) is 0. The van der Waals surface area contributed by atoms with E-state index < -0.39 is 0 Å². The molecule has 1 saturated carbocycles. The largest absolute Gasteiger partial charge is 0.350 e. The summed E-state index contributed by atoms with van der Waals surface area (Å²) >= 11 is 4.16. The molecule has 0 saturated heterocycles. The summed E-state index contributed by atoms with van der Waals surface area (Å²) in [5, 5.41) is 4.14. The van der Waals surface area contributed by atoms with Gasteiger partial charge in [0.15, 0.2) is 0 Å². The Hall–Kier alpha value is -0.0400. The number of nitrogens with zero attached hydrogens (tertiary/aromatic N) is 2. The first kappa shape index (κ1) is 11.4. The van der Waals surface area contributed by atoms with Gasteiger partial charge in [-0.3, -0.25) is 0 Å². The maximum Gasteiger partial charge on any atom is 0.222 e. The van der Waals surface area contributed by atoms with Crippen LogP contribution in [0.5, 0.6) is 0 Å². The van der Waals surface area contributed by atoms with E-state index in [1.807, 2.05) is 24.2 Å². The highest BCUT2D eigenvalue weighted by Crippen LogP contribution is 2.29. The topological polar surface area (TPSA) is 37.8 Å². The van der Waals surface area contributed by atoms with Gasteiger partial charge in [-0.1, -0.05) is 6.42 Å². The Morgan fingerprint density at radius 3 is 2.80 bits per heavy atom. The average molecular weight is 335 g/mol. The van der Waals surface area contributed by atoms with Gasteiger partial charge in [0.2, 0.25) is 5.95 Å². The van der Waals surface area contributed by atoms with Crippen LogP contribution in [0.3, 0.4) is 0 Å². The Morgan fingerprint density at radius 2 is 2.13 bits per heavy atom. The Bertz CT molecular complexity index is 317. The van der Waals surface area contributed by atoms with Gasteiger partial charge in [-0.25, -0.2) is 9.97 Å². The van der Waals surface area contributed by atoms with Crippen LogP contribution in [0.25, 0.3) is 0 Å². The van der Waals surface area contributed by atoms with Crippen LogP contribution in [0.15, 0.2) is 12.4 Å². The summed E-state index contributed by atoms with van der Waals surface area (Å²) in [5.74, 6) is 0.765.